The van der Waals surface area contributed by atoms with Crippen molar-refractivity contribution in [3.8, 4) is 5.69 Å². The fourth-order valence-corrected chi connectivity index (χ4v) is 1.15. The van der Waals surface area contributed by atoms with Crippen molar-refractivity contribution >= 4 is 0 Å². The fraction of sp³-hybridized carbons (Fsp3) is 0.100. The summed E-state index contributed by atoms with van der Waals surface area (Å²) in [5, 5.41) is 3.43. The summed E-state index contributed by atoms with van der Waals surface area (Å²) >= 11 is 0. The van der Waals surface area contributed by atoms with E-state index in [2.05, 4.69) is 11.2 Å². The Kier molecular flexibility index (Phi) is 2.22. The van der Waals surface area contributed by atoms with E-state index in [9.17, 15) is 13.2 Å². The largest absolute Gasteiger partial charge is 0.435 e. The first-order valence-electron chi connectivity index (χ1n) is 4.17. The smallest absolute Gasteiger partial charge is 0.240 e. The molecular formula is C10H6F3N2. The van der Waals surface area contributed by atoms with Gasteiger partial charge in [0.05, 0.1) is 5.69 Å². The molecule has 2 aromatic rings. The number of hydrogen-bond donors (Lipinski definition) is 0. The van der Waals surface area contributed by atoms with Crippen LogP contribution in [0.5, 0.6) is 0 Å². The maximum atomic E-state index is 12.2. The second kappa shape index (κ2) is 3.42. The number of aromatic nitrogens is 2. The zero-order valence-corrected chi connectivity index (χ0v) is 7.49. The van der Waals surface area contributed by atoms with Crippen molar-refractivity contribution in [2.24, 2.45) is 0 Å². The Morgan fingerprint density at radius 3 is 2.33 bits per heavy atom. The molecule has 0 bridgehead atoms. The molecule has 0 aliphatic heterocycles. The number of rotatable bonds is 1. The lowest BCUT2D eigenvalue weighted by molar-refractivity contribution is -0.141. The van der Waals surface area contributed by atoms with Gasteiger partial charge in [-0.15, -0.1) is 0 Å². The van der Waals surface area contributed by atoms with E-state index in [0.717, 1.165) is 6.07 Å². The molecule has 0 saturated heterocycles. The van der Waals surface area contributed by atoms with Gasteiger partial charge in [-0.2, -0.15) is 18.3 Å². The molecule has 2 rings (SSSR count). The van der Waals surface area contributed by atoms with Crippen molar-refractivity contribution in [1.82, 2.24) is 9.78 Å². The van der Waals surface area contributed by atoms with Gasteiger partial charge in [-0.25, -0.2) is 4.68 Å². The molecule has 1 heterocycles. The van der Waals surface area contributed by atoms with E-state index in [1.807, 2.05) is 0 Å². The average Bonchev–Trinajstić information content (AvgIpc) is 2.67. The lowest BCUT2D eigenvalue weighted by Crippen LogP contribution is -2.07. The molecule has 1 aromatic carbocycles. The minimum Gasteiger partial charge on any atom is -0.240 e. The van der Waals surface area contributed by atoms with E-state index in [1.54, 1.807) is 24.3 Å². The number of hydrogen-bond acceptors (Lipinski definition) is 1. The number of nitrogens with zero attached hydrogens (tertiary/aromatic N) is 2. The summed E-state index contributed by atoms with van der Waals surface area (Å²) in [4.78, 5) is 0. The van der Waals surface area contributed by atoms with Crippen molar-refractivity contribution < 1.29 is 13.2 Å². The molecule has 0 unspecified atom stereocenters. The Morgan fingerprint density at radius 1 is 1.13 bits per heavy atom. The highest BCUT2D eigenvalue weighted by atomic mass is 19.4. The molecule has 0 saturated carbocycles. The van der Waals surface area contributed by atoms with Gasteiger partial charge in [-0.1, -0.05) is 12.1 Å². The van der Waals surface area contributed by atoms with Crippen LogP contribution >= 0.6 is 0 Å². The first-order chi connectivity index (χ1) is 7.07. The SMILES string of the molecule is FC(F)(F)c1ccn(-c2cc[c]cc2)n1. The quantitative estimate of drug-likeness (QED) is 0.709. The van der Waals surface area contributed by atoms with Crippen molar-refractivity contribution in [3.63, 3.8) is 0 Å². The summed E-state index contributed by atoms with van der Waals surface area (Å²) < 4.78 is 37.9. The van der Waals surface area contributed by atoms with Crippen LogP contribution in [0.25, 0.3) is 5.69 Å². The summed E-state index contributed by atoms with van der Waals surface area (Å²) in [6, 6.07) is 10.2. The molecule has 5 heteroatoms. The molecule has 0 N–H and O–H groups in total. The van der Waals surface area contributed by atoms with Crippen LogP contribution in [0.4, 0.5) is 13.2 Å². The van der Waals surface area contributed by atoms with Gasteiger partial charge in [0, 0.05) is 6.20 Å². The van der Waals surface area contributed by atoms with Gasteiger partial charge in [0.15, 0.2) is 5.69 Å². The second-order valence-corrected chi connectivity index (χ2v) is 2.90. The topological polar surface area (TPSA) is 17.8 Å². The molecule has 0 aliphatic rings. The summed E-state index contributed by atoms with van der Waals surface area (Å²) in [6.07, 6.45) is -3.12. The van der Waals surface area contributed by atoms with Gasteiger partial charge in [-0.3, -0.25) is 0 Å². The molecule has 0 fully saturated rings. The van der Waals surface area contributed by atoms with E-state index in [1.165, 1.54) is 10.9 Å². The molecule has 2 nitrogen and oxygen atoms in total. The Labute approximate surface area is 84.0 Å². The predicted molar refractivity (Wildman–Crippen MR) is 47.4 cm³/mol. The minimum absolute atomic E-state index is 0.573. The van der Waals surface area contributed by atoms with E-state index < -0.39 is 11.9 Å². The van der Waals surface area contributed by atoms with Gasteiger partial charge < -0.3 is 0 Å². The van der Waals surface area contributed by atoms with Crippen LogP contribution < -0.4 is 0 Å². The van der Waals surface area contributed by atoms with E-state index in [4.69, 9.17) is 0 Å². The molecule has 0 atom stereocenters. The zero-order chi connectivity index (χ0) is 10.9. The number of alkyl halides is 3. The molecule has 15 heavy (non-hydrogen) atoms. The Balaban J connectivity index is 2.37. The van der Waals surface area contributed by atoms with Crippen LogP contribution in [-0.2, 0) is 6.18 Å². The highest BCUT2D eigenvalue weighted by Crippen LogP contribution is 2.27. The summed E-state index contributed by atoms with van der Waals surface area (Å²) in [7, 11) is 0. The summed E-state index contributed by atoms with van der Waals surface area (Å²) in [5.41, 5.74) is -0.320. The number of halogens is 3. The summed E-state index contributed by atoms with van der Waals surface area (Å²) in [5.74, 6) is 0. The minimum atomic E-state index is -4.40. The highest BCUT2D eigenvalue weighted by Gasteiger charge is 2.33. The van der Waals surface area contributed by atoms with Gasteiger partial charge in [0.25, 0.3) is 0 Å². The second-order valence-electron chi connectivity index (χ2n) is 2.90. The third-order valence-corrected chi connectivity index (χ3v) is 1.84. The summed E-state index contributed by atoms with van der Waals surface area (Å²) in [6.45, 7) is 0. The third kappa shape index (κ3) is 2.01. The molecule has 77 valence electrons. The van der Waals surface area contributed by atoms with Crippen molar-refractivity contribution in [1.29, 1.82) is 0 Å². The van der Waals surface area contributed by atoms with Gasteiger partial charge in [-0.05, 0) is 24.3 Å². The Bertz CT molecular complexity index is 445. The molecule has 1 radical (unpaired) electrons. The van der Waals surface area contributed by atoms with Crippen LogP contribution in [0.1, 0.15) is 5.69 Å². The maximum Gasteiger partial charge on any atom is 0.435 e. The molecule has 1 aromatic heterocycles. The van der Waals surface area contributed by atoms with Gasteiger partial charge in [0.1, 0.15) is 0 Å². The lowest BCUT2D eigenvalue weighted by atomic mass is 10.3. The first kappa shape index (κ1) is 9.76. The average molecular weight is 211 g/mol. The van der Waals surface area contributed by atoms with E-state index in [0.29, 0.717) is 5.69 Å². The Hall–Kier alpha value is -1.78. The third-order valence-electron chi connectivity index (χ3n) is 1.84. The van der Waals surface area contributed by atoms with Crippen LogP contribution in [0.2, 0.25) is 0 Å². The van der Waals surface area contributed by atoms with Crippen LogP contribution in [0.15, 0.2) is 36.5 Å². The van der Waals surface area contributed by atoms with E-state index in [-0.39, 0.29) is 0 Å². The standard InChI is InChI=1S/C10H6F3N2/c11-10(12,13)9-6-7-15(14-9)8-4-2-1-3-5-8/h2-7H. The normalized spacial score (nSPS) is 11.7. The van der Waals surface area contributed by atoms with Gasteiger partial charge in [0.2, 0.25) is 0 Å². The zero-order valence-electron chi connectivity index (χ0n) is 7.49. The molecule has 0 amide bonds. The van der Waals surface area contributed by atoms with E-state index >= 15 is 0 Å². The number of benzene rings is 1. The van der Waals surface area contributed by atoms with Gasteiger partial charge >= 0.3 is 6.18 Å². The lowest BCUT2D eigenvalue weighted by Gasteiger charge is -2.02. The molecular weight excluding hydrogens is 205 g/mol. The van der Waals surface area contributed by atoms with Crippen molar-refractivity contribution in [3.05, 3.63) is 48.3 Å². The maximum absolute atomic E-state index is 12.2. The van der Waals surface area contributed by atoms with Crippen LogP contribution in [-0.4, -0.2) is 9.78 Å². The Morgan fingerprint density at radius 2 is 1.80 bits per heavy atom. The predicted octanol–water partition coefficient (Wildman–Crippen LogP) is 2.69. The van der Waals surface area contributed by atoms with Crippen LogP contribution in [0.3, 0.4) is 0 Å². The van der Waals surface area contributed by atoms with Crippen molar-refractivity contribution in [2.45, 2.75) is 6.18 Å². The highest BCUT2D eigenvalue weighted by molar-refractivity contribution is 5.30. The van der Waals surface area contributed by atoms with Crippen LogP contribution in [0, 0.1) is 6.07 Å². The molecule has 0 spiro atoms. The fourth-order valence-electron chi connectivity index (χ4n) is 1.15. The first-order valence-corrected chi connectivity index (χ1v) is 4.17. The monoisotopic (exact) mass is 211 g/mol. The molecule has 0 aliphatic carbocycles. The van der Waals surface area contributed by atoms with Crippen molar-refractivity contribution in [2.75, 3.05) is 0 Å².